The number of benzene rings is 2. The molecule has 1 aliphatic heterocycles. The minimum Gasteiger partial charge on any atom is -0.506 e. The fourth-order valence-corrected chi connectivity index (χ4v) is 6.93. The van der Waals surface area contributed by atoms with Gasteiger partial charge in [0.1, 0.15) is 5.75 Å². The van der Waals surface area contributed by atoms with Gasteiger partial charge in [-0.15, -0.1) is 0 Å². The summed E-state index contributed by atoms with van der Waals surface area (Å²) in [7, 11) is 0. The highest BCUT2D eigenvalue weighted by Crippen LogP contribution is 2.32. The van der Waals surface area contributed by atoms with Gasteiger partial charge in [-0.05, 0) is 94.3 Å². The molecule has 4 rings (SSSR count). The molecule has 1 atom stereocenters. The lowest BCUT2D eigenvalue weighted by molar-refractivity contribution is -0.139. The van der Waals surface area contributed by atoms with Crippen LogP contribution in [0.4, 0.5) is 0 Å². The molecular formula is C26H24I2N2O4S. The van der Waals surface area contributed by atoms with E-state index in [9.17, 15) is 14.7 Å². The summed E-state index contributed by atoms with van der Waals surface area (Å²) in [4.78, 5) is 31.8. The van der Waals surface area contributed by atoms with Gasteiger partial charge >= 0.3 is 5.97 Å². The van der Waals surface area contributed by atoms with E-state index in [0.29, 0.717) is 35.7 Å². The summed E-state index contributed by atoms with van der Waals surface area (Å²) in [5.74, 6) is 0.00355. The van der Waals surface area contributed by atoms with Crippen LogP contribution < -0.4 is 14.9 Å². The summed E-state index contributed by atoms with van der Waals surface area (Å²) >= 11 is 5.49. The molecule has 0 aliphatic carbocycles. The Kier molecular flexibility index (Phi) is 7.86. The molecule has 1 aromatic heterocycles. The molecule has 35 heavy (non-hydrogen) atoms. The third-order valence-corrected chi connectivity index (χ3v) is 8.21. The molecule has 6 nitrogen and oxygen atoms in total. The second-order valence-corrected chi connectivity index (χ2v) is 11.9. The quantitative estimate of drug-likeness (QED) is 0.304. The standard InChI is InChI=1S/C26H24I2N2O4S/c1-5-34-25(33)21-14(4)29-26-30(22(21)16-8-6-15(7-9-16)13(2)3)24(32)20(35-26)11-17-10-18(27)12-19(28)23(17)31/h6-13,22,31H,5H2,1-4H3/b20-11-/t22-/m1/s1. The highest BCUT2D eigenvalue weighted by atomic mass is 127. The smallest absolute Gasteiger partial charge is 0.338 e. The Balaban J connectivity index is 1.96. The van der Waals surface area contributed by atoms with Crippen molar-refractivity contribution >= 4 is 68.6 Å². The van der Waals surface area contributed by atoms with E-state index in [1.807, 2.05) is 36.4 Å². The molecule has 2 aromatic carbocycles. The second-order valence-electron chi connectivity index (χ2n) is 8.45. The van der Waals surface area contributed by atoms with Crippen LogP contribution in [-0.2, 0) is 9.53 Å². The maximum atomic E-state index is 13.7. The van der Waals surface area contributed by atoms with Crippen molar-refractivity contribution < 1.29 is 14.6 Å². The van der Waals surface area contributed by atoms with Gasteiger partial charge in [-0.25, -0.2) is 9.79 Å². The molecule has 0 spiro atoms. The third-order valence-electron chi connectivity index (χ3n) is 5.78. The van der Waals surface area contributed by atoms with Gasteiger partial charge in [0.15, 0.2) is 4.80 Å². The number of esters is 1. The van der Waals surface area contributed by atoms with Crippen molar-refractivity contribution in [2.45, 2.75) is 39.7 Å². The van der Waals surface area contributed by atoms with E-state index in [0.717, 1.165) is 9.13 Å². The molecule has 182 valence electrons. The van der Waals surface area contributed by atoms with E-state index in [-0.39, 0.29) is 17.9 Å². The van der Waals surface area contributed by atoms with Crippen molar-refractivity contribution in [1.29, 1.82) is 0 Å². The van der Waals surface area contributed by atoms with Gasteiger partial charge < -0.3 is 9.84 Å². The van der Waals surface area contributed by atoms with Crippen LogP contribution in [0.5, 0.6) is 5.75 Å². The number of aromatic hydroxyl groups is 1. The van der Waals surface area contributed by atoms with Crippen LogP contribution in [0.15, 0.2) is 57.5 Å². The lowest BCUT2D eigenvalue weighted by Gasteiger charge is -2.25. The predicted molar refractivity (Wildman–Crippen MR) is 154 cm³/mol. The first-order chi connectivity index (χ1) is 16.6. The summed E-state index contributed by atoms with van der Waals surface area (Å²) in [5.41, 5.74) is 3.16. The average Bonchev–Trinajstić information content (AvgIpc) is 3.10. The minimum absolute atomic E-state index is 0.126. The van der Waals surface area contributed by atoms with Crippen LogP contribution in [-0.4, -0.2) is 22.2 Å². The van der Waals surface area contributed by atoms with Crippen molar-refractivity contribution in [1.82, 2.24) is 4.57 Å². The molecular weight excluding hydrogens is 690 g/mol. The molecule has 0 fully saturated rings. The molecule has 0 saturated heterocycles. The van der Waals surface area contributed by atoms with Crippen molar-refractivity contribution in [2.75, 3.05) is 6.61 Å². The Morgan fingerprint density at radius 2 is 1.94 bits per heavy atom. The zero-order valence-corrected chi connectivity index (χ0v) is 24.8. The number of carbonyl (C=O) groups excluding carboxylic acids is 1. The van der Waals surface area contributed by atoms with E-state index >= 15 is 0 Å². The number of hydrogen-bond acceptors (Lipinski definition) is 6. The molecule has 0 amide bonds. The van der Waals surface area contributed by atoms with E-state index in [4.69, 9.17) is 4.74 Å². The lowest BCUT2D eigenvalue weighted by Crippen LogP contribution is -2.39. The minimum atomic E-state index is -0.654. The summed E-state index contributed by atoms with van der Waals surface area (Å²) in [5, 5.41) is 10.6. The van der Waals surface area contributed by atoms with E-state index in [1.165, 1.54) is 16.9 Å². The molecule has 0 saturated carbocycles. The van der Waals surface area contributed by atoms with Gasteiger partial charge in [0.05, 0.1) is 32.0 Å². The number of rotatable bonds is 5. The molecule has 3 aromatic rings. The van der Waals surface area contributed by atoms with E-state index in [2.05, 4.69) is 64.0 Å². The summed E-state index contributed by atoms with van der Waals surface area (Å²) in [6.45, 7) is 7.99. The monoisotopic (exact) mass is 714 g/mol. The maximum Gasteiger partial charge on any atom is 0.338 e. The number of carbonyl (C=O) groups is 1. The van der Waals surface area contributed by atoms with Crippen molar-refractivity contribution in [3.05, 3.63) is 91.2 Å². The number of hydrogen-bond donors (Lipinski definition) is 1. The first-order valence-corrected chi connectivity index (χ1v) is 14.1. The van der Waals surface area contributed by atoms with Gasteiger partial charge in [0, 0.05) is 9.13 Å². The van der Waals surface area contributed by atoms with Crippen LogP contribution in [0.25, 0.3) is 6.08 Å². The molecule has 9 heteroatoms. The zero-order chi connectivity index (χ0) is 25.4. The Morgan fingerprint density at radius 3 is 2.57 bits per heavy atom. The normalized spacial score (nSPS) is 15.9. The van der Waals surface area contributed by atoms with Crippen molar-refractivity contribution in [3.8, 4) is 5.75 Å². The average molecular weight is 714 g/mol. The molecule has 0 bridgehead atoms. The topological polar surface area (TPSA) is 80.9 Å². The van der Waals surface area contributed by atoms with Crippen molar-refractivity contribution in [3.63, 3.8) is 0 Å². The first kappa shape index (κ1) is 26.1. The van der Waals surface area contributed by atoms with Gasteiger partial charge in [-0.3, -0.25) is 9.36 Å². The fourth-order valence-electron chi connectivity index (χ4n) is 4.01. The Morgan fingerprint density at radius 1 is 1.26 bits per heavy atom. The molecule has 1 N–H and O–H groups in total. The number of ether oxygens (including phenoxy) is 1. The lowest BCUT2D eigenvalue weighted by atomic mass is 9.93. The SMILES string of the molecule is CCOC(=O)C1=C(C)N=c2s/c(=C\c3cc(I)cc(I)c3O)c(=O)n2[C@@H]1c1ccc(C(C)C)cc1. The number of aromatic nitrogens is 1. The number of thiazole rings is 1. The Labute approximate surface area is 234 Å². The molecule has 1 aliphatic rings. The molecule has 2 heterocycles. The van der Waals surface area contributed by atoms with Gasteiger partial charge in [-0.2, -0.15) is 0 Å². The van der Waals surface area contributed by atoms with Gasteiger partial charge in [0.2, 0.25) is 0 Å². The largest absolute Gasteiger partial charge is 0.506 e. The van der Waals surface area contributed by atoms with Crippen LogP contribution in [0.3, 0.4) is 0 Å². The zero-order valence-electron chi connectivity index (χ0n) is 19.6. The molecule has 0 radical (unpaired) electrons. The maximum absolute atomic E-state index is 13.7. The van der Waals surface area contributed by atoms with Crippen LogP contribution in [0.1, 0.15) is 56.3 Å². The number of nitrogens with zero attached hydrogens (tertiary/aromatic N) is 2. The Bertz CT molecular complexity index is 1520. The summed E-state index contributed by atoms with van der Waals surface area (Å²) < 4.78 is 9.01. The number of halogens is 2. The number of allylic oxidation sites excluding steroid dienone is 1. The molecule has 0 unspecified atom stereocenters. The van der Waals surface area contributed by atoms with E-state index < -0.39 is 12.0 Å². The predicted octanol–water partition coefficient (Wildman–Crippen LogP) is 4.84. The third kappa shape index (κ3) is 5.12. The van der Waals surface area contributed by atoms with Crippen LogP contribution in [0.2, 0.25) is 0 Å². The first-order valence-electron chi connectivity index (χ1n) is 11.1. The van der Waals surface area contributed by atoms with Crippen LogP contribution in [0, 0.1) is 7.14 Å². The number of phenols is 1. The van der Waals surface area contributed by atoms with E-state index in [1.54, 1.807) is 24.5 Å². The van der Waals surface area contributed by atoms with Gasteiger partial charge in [0.25, 0.3) is 5.56 Å². The fraction of sp³-hybridized carbons (Fsp3) is 0.269. The second kappa shape index (κ2) is 10.6. The highest BCUT2D eigenvalue weighted by Gasteiger charge is 2.33. The summed E-state index contributed by atoms with van der Waals surface area (Å²) in [6, 6.07) is 11.0. The van der Waals surface area contributed by atoms with Crippen molar-refractivity contribution in [2.24, 2.45) is 4.99 Å². The Hall–Kier alpha value is -1.99. The van der Waals surface area contributed by atoms with Gasteiger partial charge in [-0.1, -0.05) is 49.4 Å². The highest BCUT2D eigenvalue weighted by molar-refractivity contribution is 14.1. The van der Waals surface area contributed by atoms with Crippen LogP contribution >= 0.6 is 56.5 Å². The number of phenolic OH excluding ortho intramolecular Hbond substituents is 1. The number of fused-ring (bicyclic) bond motifs is 1. The summed E-state index contributed by atoms with van der Waals surface area (Å²) in [6.07, 6.45) is 1.69.